The Labute approximate surface area is 161 Å². The third-order valence-corrected chi connectivity index (χ3v) is 4.69. The van der Waals surface area contributed by atoms with E-state index in [-0.39, 0.29) is 24.0 Å². The summed E-state index contributed by atoms with van der Waals surface area (Å²) in [5.41, 5.74) is 2.25. The fourth-order valence-corrected chi connectivity index (χ4v) is 3.30. The predicted molar refractivity (Wildman–Crippen MR) is 106 cm³/mol. The molecule has 24 heavy (non-hydrogen) atoms. The number of morpholine rings is 1. The van der Waals surface area contributed by atoms with Crippen LogP contribution in [-0.4, -0.2) is 77.9 Å². The number of nitrogens with one attached hydrogen (secondary N) is 2. The van der Waals surface area contributed by atoms with Gasteiger partial charge in [-0.1, -0.05) is 0 Å². The summed E-state index contributed by atoms with van der Waals surface area (Å²) in [6, 6.07) is 0.624. The fraction of sp³-hybridized carbons (Fsp3) is 0.750. The zero-order valence-corrected chi connectivity index (χ0v) is 17.0. The standard InChI is InChI=1S/C16H28N6O.HI/c1-3-17-16(18-10-14-11-19-20-13(14)2)22-5-4-15(12-22)21-6-8-23-9-7-21;/h11,15H,3-10,12H2,1-2H3,(H,17,18)(H,19,20);1H. The lowest BCUT2D eigenvalue weighted by Crippen LogP contribution is -2.46. The fourth-order valence-electron chi connectivity index (χ4n) is 3.30. The molecule has 7 nitrogen and oxygen atoms in total. The van der Waals surface area contributed by atoms with Gasteiger partial charge in [0.1, 0.15) is 0 Å². The molecule has 0 radical (unpaired) electrons. The Balaban J connectivity index is 0.00000208. The first-order chi connectivity index (χ1) is 11.3. The van der Waals surface area contributed by atoms with Crippen molar-refractivity contribution in [1.82, 2.24) is 25.3 Å². The van der Waals surface area contributed by atoms with Crippen LogP contribution in [-0.2, 0) is 11.3 Å². The van der Waals surface area contributed by atoms with Gasteiger partial charge in [0.15, 0.2) is 5.96 Å². The second kappa shape index (κ2) is 9.57. The van der Waals surface area contributed by atoms with E-state index in [9.17, 15) is 0 Å². The highest BCUT2D eigenvalue weighted by Gasteiger charge is 2.30. The van der Waals surface area contributed by atoms with E-state index in [0.29, 0.717) is 12.6 Å². The lowest BCUT2D eigenvalue weighted by Gasteiger charge is -2.32. The maximum absolute atomic E-state index is 5.46. The van der Waals surface area contributed by atoms with Crippen LogP contribution in [0.4, 0.5) is 0 Å². The van der Waals surface area contributed by atoms with Gasteiger partial charge in [-0.3, -0.25) is 10.00 Å². The second-order valence-electron chi connectivity index (χ2n) is 6.23. The van der Waals surface area contributed by atoms with E-state index in [2.05, 4.69) is 32.2 Å². The number of halogens is 1. The molecule has 3 rings (SSSR count). The number of guanidine groups is 1. The van der Waals surface area contributed by atoms with Crippen LogP contribution in [0.2, 0.25) is 0 Å². The largest absolute Gasteiger partial charge is 0.379 e. The number of rotatable bonds is 4. The summed E-state index contributed by atoms with van der Waals surface area (Å²) in [7, 11) is 0. The molecule has 2 aliphatic heterocycles. The molecular formula is C16H29IN6O. The highest BCUT2D eigenvalue weighted by Crippen LogP contribution is 2.17. The Bertz CT molecular complexity index is 528. The first kappa shape index (κ1) is 19.5. The van der Waals surface area contributed by atoms with Crippen LogP contribution in [0, 0.1) is 6.92 Å². The van der Waals surface area contributed by atoms with Crippen molar-refractivity contribution in [3.05, 3.63) is 17.5 Å². The van der Waals surface area contributed by atoms with Gasteiger partial charge in [-0.15, -0.1) is 24.0 Å². The molecule has 0 bridgehead atoms. The average molecular weight is 448 g/mol. The molecule has 1 aromatic rings. The van der Waals surface area contributed by atoms with Crippen molar-refractivity contribution in [2.75, 3.05) is 45.9 Å². The predicted octanol–water partition coefficient (Wildman–Crippen LogP) is 1.21. The van der Waals surface area contributed by atoms with Gasteiger partial charge in [0.2, 0.25) is 0 Å². The summed E-state index contributed by atoms with van der Waals surface area (Å²) in [5, 5.41) is 10.5. The highest BCUT2D eigenvalue weighted by atomic mass is 127. The number of hydrogen-bond donors (Lipinski definition) is 2. The molecule has 0 aliphatic carbocycles. The van der Waals surface area contributed by atoms with Crippen molar-refractivity contribution in [2.45, 2.75) is 32.9 Å². The topological polar surface area (TPSA) is 68.8 Å². The van der Waals surface area contributed by atoms with Gasteiger partial charge in [0.05, 0.1) is 26.0 Å². The molecule has 8 heteroatoms. The summed E-state index contributed by atoms with van der Waals surface area (Å²) >= 11 is 0. The molecule has 2 N–H and O–H groups in total. The molecule has 1 unspecified atom stereocenters. The van der Waals surface area contributed by atoms with Crippen LogP contribution in [0.25, 0.3) is 0 Å². The first-order valence-corrected chi connectivity index (χ1v) is 8.62. The molecule has 1 atom stereocenters. The molecule has 136 valence electrons. The van der Waals surface area contributed by atoms with Gasteiger partial charge in [0.25, 0.3) is 0 Å². The van der Waals surface area contributed by atoms with Crippen LogP contribution in [0.15, 0.2) is 11.2 Å². The number of aliphatic imine (C=N–C) groups is 1. The van der Waals surface area contributed by atoms with Crippen LogP contribution in [0.3, 0.4) is 0 Å². The first-order valence-electron chi connectivity index (χ1n) is 8.62. The van der Waals surface area contributed by atoms with E-state index in [0.717, 1.165) is 63.2 Å². The van der Waals surface area contributed by atoms with E-state index in [1.165, 1.54) is 6.42 Å². The average Bonchev–Trinajstić information content (AvgIpc) is 3.22. The number of nitrogens with zero attached hydrogens (tertiary/aromatic N) is 4. The summed E-state index contributed by atoms with van der Waals surface area (Å²) in [6.07, 6.45) is 3.07. The van der Waals surface area contributed by atoms with Crippen molar-refractivity contribution >= 4 is 29.9 Å². The quantitative estimate of drug-likeness (QED) is 0.412. The molecule has 3 heterocycles. The molecule has 0 spiro atoms. The maximum Gasteiger partial charge on any atom is 0.194 e. The summed E-state index contributed by atoms with van der Waals surface area (Å²) in [4.78, 5) is 9.76. The van der Waals surface area contributed by atoms with Crippen LogP contribution < -0.4 is 5.32 Å². The second-order valence-corrected chi connectivity index (χ2v) is 6.23. The van der Waals surface area contributed by atoms with Crippen LogP contribution >= 0.6 is 24.0 Å². The molecule has 0 aromatic carbocycles. The Morgan fingerprint density at radius 2 is 2.21 bits per heavy atom. The van der Waals surface area contributed by atoms with E-state index in [1.807, 2.05) is 13.1 Å². The molecule has 0 amide bonds. The van der Waals surface area contributed by atoms with Crippen molar-refractivity contribution in [3.63, 3.8) is 0 Å². The Kier molecular flexibility index (Phi) is 7.76. The summed E-state index contributed by atoms with van der Waals surface area (Å²) in [5.74, 6) is 1.02. The minimum atomic E-state index is 0. The van der Waals surface area contributed by atoms with Crippen molar-refractivity contribution in [1.29, 1.82) is 0 Å². The van der Waals surface area contributed by atoms with E-state index in [1.54, 1.807) is 0 Å². The monoisotopic (exact) mass is 448 g/mol. The number of likely N-dealkylation sites (tertiary alicyclic amines) is 1. The van der Waals surface area contributed by atoms with Gasteiger partial charge in [-0.05, 0) is 20.3 Å². The zero-order chi connectivity index (χ0) is 16.1. The number of aromatic amines is 1. The Morgan fingerprint density at radius 1 is 1.42 bits per heavy atom. The maximum atomic E-state index is 5.46. The van der Waals surface area contributed by atoms with Gasteiger partial charge in [-0.2, -0.15) is 5.10 Å². The Hall–Kier alpha value is -0.870. The number of aromatic nitrogens is 2. The van der Waals surface area contributed by atoms with Crippen molar-refractivity contribution < 1.29 is 4.74 Å². The van der Waals surface area contributed by atoms with Crippen molar-refractivity contribution in [3.8, 4) is 0 Å². The minimum Gasteiger partial charge on any atom is -0.379 e. The van der Waals surface area contributed by atoms with Gasteiger partial charge >= 0.3 is 0 Å². The molecule has 0 saturated carbocycles. The highest BCUT2D eigenvalue weighted by molar-refractivity contribution is 14.0. The minimum absolute atomic E-state index is 0. The number of H-pyrrole nitrogens is 1. The lowest BCUT2D eigenvalue weighted by atomic mass is 10.2. The smallest absolute Gasteiger partial charge is 0.194 e. The number of aryl methyl sites for hydroxylation is 1. The third-order valence-electron chi connectivity index (χ3n) is 4.69. The van der Waals surface area contributed by atoms with Crippen molar-refractivity contribution in [2.24, 2.45) is 4.99 Å². The van der Waals surface area contributed by atoms with Gasteiger partial charge in [0, 0.05) is 50.0 Å². The zero-order valence-electron chi connectivity index (χ0n) is 14.6. The molecular weight excluding hydrogens is 419 g/mol. The van der Waals surface area contributed by atoms with Crippen LogP contribution in [0.1, 0.15) is 24.6 Å². The normalized spacial score (nSPS) is 22.5. The third kappa shape index (κ3) is 4.82. The Morgan fingerprint density at radius 3 is 2.88 bits per heavy atom. The van der Waals surface area contributed by atoms with E-state index < -0.39 is 0 Å². The number of hydrogen-bond acceptors (Lipinski definition) is 4. The van der Waals surface area contributed by atoms with E-state index >= 15 is 0 Å². The van der Waals surface area contributed by atoms with E-state index in [4.69, 9.17) is 9.73 Å². The molecule has 2 saturated heterocycles. The summed E-state index contributed by atoms with van der Waals surface area (Å²) < 4.78 is 5.46. The molecule has 2 aliphatic rings. The van der Waals surface area contributed by atoms with Crippen LogP contribution in [0.5, 0.6) is 0 Å². The SMILES string of the molecule is CCNC(=NCc1cn[nH]c1C)N1CCC(N2CCOCC2)C1.I. The molecule has 1 aromatic heterocycles. The molecule has 2 fully saturated rings. The van der Waals surface area contributed by atoms with Gasteiger partial charge in [-0.25, -0.2) is 4.99 Å². The lowest BCUT2D eigenvalue weighted by molar-refractivity contribution is 0.0195. The van der Waals surface area contributed by atoms with Gasteiger partial charge < -0.3 is 15.0 Å². The summed E-state index contributed by atoms with van der Waals surface area (Å²) in [6.45, 7) is 11.7. The number of ether oxygens (including phenoxy) is 1.